The van der Waals surface area contributed by atoms with Crippen molar-refractivity contribution in [2.75, 3.05) is 14.2 Å². The van der Waals surface area contributed by atoms with Crippen molar-refractivity contribution in [3.8, 4) is 11.8 Å². The van der Waals surface area contributed by atoms with E-state index >= 15 is 0 Å². The van der Waals surface area contributed by atoms with Crippen molar-refractivity contribution in [3.63, 3.8) is 0 Å². The average Bonchev–Trinajstić information content (AvgIpc) is 2.39. The Balaban J connectivity index is 3.55. The summed E-state index contributed by atoms with van der Waals surface area (Å²) in [4.78, 5) is 3.85. The molecule has 0 spiro atoms. The maximum Gasteiger partial charge on any atom is 0.126 e. The van der Waals surface area contributed by atoms with Crippen molar-refractivity contribution < 1.29 is 4.74 Å². The second kappa shape index (κ2) is 6.63. The first kappa shape index (κ1) is 14.0. The number of halogens is 1. The predicted octanol–water partition coefficient (Wildman–Crippen LogP) is 3.51. The first-order valence-electron chi connectivity index (χ1n) is 5.20. The number of hydrogen-bond acceptors (Lipinski definition) is 3. The van der Waals surface area contributed by atoms with Gasteiger partial charge in [-0.2, -0.15) is 5.26 Å². The summed E-state index contributed by atoms with van der Waals surface area (Å²) in [7, 11) is 3.17. The number of methoxy groups -OCH3 is 1. The molecular weight excluding hydrogens is 248 g/mol. The molecule has 0 aliphatic heterocycles. The quantitative estimate of drug-likeness (QED) is 0.472. The molecule has 0 saturated heterocycles. The Labute approximate surface area is 112 Å². The molecule has 1 aromatic rings. The van der Waals surface area contributed by atoms with Crippen LogP contribution in [0.1, 0.15) is 5.56 Å². The minimum Gasteiger partial charge on any atom is -0.496 e. The topological polar surface area (TPSA) is 45.4 Å². The largest absolute Gasteiger partial charge is 0.496 e. The van der Waals surface area contributed by atoms with Crippen molar-refractivity contribution in [1.29, 1.82) is 5.26 Å². The smallest absolute Gasteiger partial charge is 0.126 e. The summed E-state index contributed by atoms with van der Waals surface area (Å²) in [5, 5.41) is 9.70. The van der Waals surface area contributed by atoms with Gasteiger partial charge in [-0.3, -0.25) is 4.99 Å². The van der Waals surface area contributed by atoms with Crippen molar-refractivity contribution in [3.05, 3.63) is 47.0 Å². The first-order valence-corrected chi connectivity index (χ1v) is 5.58. The summed E-state index contributed by atoms with van der Waals surface area (Å²) in [6.45, 7) is 3.72. The molecule has 1 aromatic carbocycles. The van der Waals surface area contributed by atoms with E-state index in [9.17, 15) is 0 Å². The number of rotatable bonds is 4. The molecule has 1 rings (SSSR count). The van der Waals surface area contributed by atoms with Crippen LogP contribution in [-0.2, 0) is 0 Å². The lowest BCUT2D eigenvalue weighted by Gasteiger charge is -2.10. The van der Waals surface area contributed by atoms with Gasteiger partial charge in [0, 0.05) is 29.4 Å². The molecule has 0 atom stereocenters. The van der Waals surface area contributed by atoms with Gasteiger partial charge >= 0.3 is 0 Å². The summed E-state index contributed by atoms with van der Waals surface area (Å²) in [5.74, 6) is 0.631. The molecule has 92 valence electrons. The number of aliphatic imine (C=N–C) groups is 1. The van der Waals surface area contributed by atoms with Gasteiger partial charge < -0.3 is 4.74 Å². The highest BCUT2D eigenvalue weighted by Gasteiger charge is 2.11. The molecular formula is C14H13ClN2O. The summed E-state index contributed by atoms with van der Waals surface area (Å²) in [6, 6.07) is 7.29. The zero-order chi connectivity index (χ0) is 13.5. The van der Waals surface area contributed by atoms with Gasteiger partial charge in [-0.1, -0.05) is 24.3 Å². The Bertz CT molecular complexity index is 553. The van der Waals surface area contributed by atoms with E-state index in [4.69, 9.17) is 21.6 Å². The Morgan fingerprint density at radius 2 is 2.28 bits per heavy atom. The van der Waals surface area contributed by atoms with E-state index in [0.29, 0.717) is 21.9 Å². The summed E-state index contributed by atoms with van der Waals surface area (Å²) >= 11 is 5.97. The van der Waals surface area contributed by atoms with E-state index in [1.165, 1.54) is 6.21 Å². The zero-order valence-corrected chi connectivity index (χ0v) is 11.0. The van der Waals surface area contributed by atoms with Gasteiger partial charge in [-0.05, 0) is 18.2 Å². The van der Waals surface area contributed by atoms with Gasteiger partial charge in [0.15, 0.2) is 0 Å². The lowest BCUT2D eigenvalue weighted by Crippen LogP contribution is -1.94. The highest BCUT2D eigenvalue weighted by atomic mass is 35.5. The number of hydrogen-bond donors (Lipinski definition) is 0. The van der Waals surface area contributed by atoms with Crippen LogP contribution < -0.4 is 4.74 Å². The molecule has 0 aromatic heterocycles. The summed E-state index contributed by atoms with van der Waals surface area (Å²) in [6.07, 6.45) is 3.08. The molecule has 0 fully saturated rings. The van der Waals surface area contributed by atoms with Crippen LogP contribution in [-0.4, -0.2) is 20.4 Å². The molecule has 0 radical (unpaired) electrons. The molecule has 4 heteroatoms. The Hall–Kier alpha value is -2.05. The van der Waals surface area contributed by atoms with Crippen molar-refractivity contribution in [1.82, 2.24) is 0 Å². The standard InChI is InChI=1S/C14H13ClN2O/c1-4-12(10(8-16)9-17-2)13-7-11(15)5-6-14(13)18-3/h4-7,9H,1H2,2-3H3/b12-10+,17-9-. The average molecular weight is 261 g/mol. The molecule has 0 heterocycles. The maximum atomic E-state index is 9.13. The SMILES string of the molecule is C=C/C(=C(C#N)\C=N/C)c1cc(Cl)ccc1OC. The molecule has 0 saturated carbocycles. The third-order valence-corrected chi connectivity index (χ3v) is 2.56. The predicted molar refractivity (Wildman–Crippen MR) is 75.2 cm³/mol. The number of ether oxygens (including phenoxy) is 1. The molecule has 0 bridgehead atoms. The van der Waals surface area contributed by atoms with Crippen molar-refractivity contribution >= 4 is 23.4 Å². The highest BCUT2D eigenvalue weighted by Crippen LogP contribution is 2.31. The third kappa shape index (κ3) is 2.99. The second-order valence-corrected chi connectivity index (χ2v) is 3.81. The van der Waals surface area contributed by atoms with Crippen molar-refractivity contribution in [2.45, 2.75) is 0 Å². The third-order valence-electron chi connectivity index (χ3n) is 2.32. The molecule has 0 aliphatic carbocycles. The zero-order valence-electron chi connectivity index (χ0n) is 10.3. The molecule has 0 aliphatic rings. The molecule has 0 N–H and O–H groups in total. The Kier molecular flexibility index (Phi) is 5.16. The van der Waals surface area contributed by atoms with Gasteiger partial charge in [0.05, 0.1) is 12.7 Å². The lowest BCUT2D eigenvalue weighted by molar-refractivity contribution is 0.413. The van der Waals surface area contributed by atoms with Crippen LogP contribution in [0.15, 0.2) is 41.4 Å². The lowest BCUT2D eigenvalue weighted by atomic mass is 10.00. The monoisotopic (exact) mass is 260 g/mol. The minimum atomic E-state index is 0.410. The molecule has 0 unspecified atom stereocenters. The fraction of sp³-hybridized carbons (Fsp3) is 0.143. The maximum absolute atomic E-state index is 9.13. The van der Waals surface area contributed by atoms with E-state index in [2.05, 4.69) is 17.6 Å². The van der Waals surface area contributed by atoms with Crippen LogP contribution in [0.5, 0.6) is 5.75 Å². The molecule has 0 amide bonds. The fourth-order valence-electron chi connectivity index (χ4n) is 1.54. The number of allylic oxidation sites excluding steroid dienone is 3. The van der Waals surface area contributed by atoms with E-state index in [0.717, 1.165) is 5.56 Å². The number of nitriles is 1. The second-order valence-electron chi connectivity index (χ2n) is 3.38. The van der Waals surface area contributed by atoms with Gasteiger partial charge in [-0.15, -0.1) is 0 Å². The summed E-state index contributed by atoms with van der Waals surface area (Å²) in [5.41, 5.74) is 1.77. The Morgan fingerprint density at radius 3 is 2.78 bits per heavy atom. The van der Waals surface area contributed by atoms with Crippen LogP contribution in [0.25, 0.3) is 5.57 Å². The first-order chi connectivity index (χ1) is 8.67. The van der Waals surface area contributed by atoms with E-state index < -0.39 is 0 Å². The number of nitrogens with zero attached hydrogens (tertiary/aromatic N) is 2. The van der Waals surface area contributed by atoms with Crippen LogP contribution in [0.3, 0.4) is 0 Å². The van der Waals surface area contributed by atoms with Gasteiger partial charge in [0.1, 0.15) is 11.8 Å². The molecule has 18 heavy (non-hydrogen) atoms. The van der Waals surface area contributed by atoms with E-state index in [-0.39, 0.29) is 0 Å². The van der Waals surface area contributed by atoms with E-state index in [1.54, 1.807) is 38.4 Å². The van der Waals surface area contributed by atoms with Crippen LogP contribution >= 0.6 is 11.6 Å². The van der Waals surface area contributed by atoms with Crippen LogP contribution in [0.4, 0.5) is 0 Å². The Morgan fingerprint density at radius 1 is 1.56 bits per heavy atom. The molecule has 3 nitrogen and oxygen atoms in total. The van der Waals surface area contributed by atoms with Gasteiger partial charge in [-0.25, -0.2) is 0 Å². The normalized spacial score (nSPS) is 11.9. The van der Waals surface area contributed by atoms with E-state index in [1.807, 2.05) is 0 Å². The van der Waals surface area contributed by atoms with Crippen molar-refractivity contribution in [2.24, 2.45) is 4.99 Å². The van der Waals surface area contributed by atoms with Crippen LogP contribution in [0, 0.1) is 11.3 Å². The fourth-order valence-corrected chi connectivity index (χ4v) is 1.72. The highest BCUT2D eigenvalue weighted by molar-refractivity contribution is 6.30. The van der Waals surface area contributed by atoms with Gasteiger partial charge in [0.25, 0.3) is 0 Å². The number of benzene rings is 1. The minimum absolute atomic E-state index is 0.410. The van der Waals surface area contributed by atoms with Crippen LogP contribution in [0.2, 0.25) is 5.02 Å². The summed E-state index contributed by atoms with van der Waals surface area (Å²) < 4.78 is 5.26. The van der Waals surface area contributed by atoms with Gasteiger partial charge in [0.2, 0.25) is 0 Å².